The molecule has 1 atom stereocenters. The lowest BCUT2D eigenvalue weighted by atomic mass is 10.1. The van der Waals surface area contributed by atoms with Gasteiger partial charge in [-0.15, -0.1) is 5.16 Å². The molecule has 6 nitrogen and oxygen atoms in total. The van der Waals surface area contributed by atoms with E-state index in [1.807, 2.05) is 0 Å². The minimum atomic E-state index is -0.828. The molecular formula is C11H12ClN3O3. The number of halogens is 1. The summed E-state index contributed by atoms with van der Waals surface area (Å²) in [5.41, 5.74) is 0.576. The van der Waals surface area contributed by atoms with E-state index in [2.05, 4.69) is 20.5 Å². The molecule has 0 bridgehead atoms. The number of anilines is 1. The van der Waals surface area contributed by atoms with Gasteiger partial charge in [-0.2, -0.15) is 0 Å². The summed E-state index contributed by atoms with van der Waals surface area (Å²) >= 11 is 5.72. The molecule has 1 aromatic rings. The predicted octanol–water partition coefficient (Wildman–Crippen LogP) is 1.99. The molecule has 1 rings (SSSR count). The average molecular weight is 270 g/mol. The highest BCUT2D eigenvalue weighted by Crippen LogP contribution is 2.13. The molecule has 0 spiro atoms. The zero-order valence-corrected chi connectivity index (χ0v) is 10.3. The van der Waals surface area contributed by atoms with Crippen molar-refractivity contribution in [2.75, 3.05) is 12.4 Å². The predicted molar refractivity (Wildman–Crippen MR) is 69.4 cm³/mol. The Kier molecular flexibility index (Phi) is 5.66. The number of nitrogens with zero attached hydrogens (tertiary/aromatic N) is 2. The third-order valence-electron chi connectivity index (χ3n) is 1.97. The number of hydrogen-bond donors (Lipinski definition) is 2. The fraction of sp³-hybridized carbons (Fsp3) is 0.182. The molecule has 18 heavy (non-hydrogen) atoms. The second-order valence-corrected chi connectivity index (χ2v) is 3.66. The van der Waals surface area contributed by atoms with Gasteiger partial charge in [0.05, 0.1) is 12.4 Å². The van der Waals surface area contributed by atoms with E-state index in [4.69, 9.17) is 16.8 Å². The van der Waals surface area contributed by atoms with Crippen LogP contribution < -0.4 is 5.32 Å². The number of carbonyl (C=O) groups is 1. The lowest BCUT2D eigenvalue weighted by Gasteiger charge is -2.07. The number of hydrogen-bond acceptors (Lipinski definition) is 5. The van der Waals surface area contributed by atoms with Gasteiger partial charge < -0.3 is 15.4 Å². The maximum Gasteiger partial charge on any atom is 0.238 e. The van der Waals surface area contributed by atoms with Crippen LogP contribution in [0.4, 0.5) is 5.69 Å². The van der Waals surface area contributed by atoms with Crippen molar-refractivity contribution in [1.29, 1.82) is 0 Å². The van der Waals surface area contributed by atoms with Crippen LogP contribution in [0, 0.1) is 5.92 Å². The third kappa shape index (κ3) is 4.42. The molecule has 96 valence electrons. The molecule has 0 fully saturated rings. The fourth-order valence-corrected chi connectivity index (χ4v) is 1.26. The summed E-state index contributed by atoms with van der Waals surface area (Å²) in [5, 5.41) is 17.9. The Bertz CT molecular complexity index is 445. The minimum absolute atomic E-state index is 0.407. The van der Waals surface area contributed by atoms with E-state index < -0.39 is 11.8 Å². The van der Waals surface area contributed by atoms with Crippen LogP contribution in [0.15, 0.2) is 34.6 Å². The van der Waals surface area contributed by atoms with E-state index in [1.165, 1.54) is 13.3 Å². The molecule has 0 saturated carbocycles. The highest BCUT2D eigenvalue weighted by Gasteiger charge is 2.14. The summed E-state index contributed by atoms with van der Waals surface area (Å²) in [6.45, 7) is 0. The SMILES string of the molecule is CO/N=C\[C@H](/C=N\O)C(=O)Nc1ccc(Cl)cc1. The molecule has 0 aliphatic rings. The summed E-state index contributed by atoms with van der Waals surface area (Å²) in [6.07, 6.45) is 2.25. The first-order chi connectivity index (χ1) is 8.67. The van der Waals surface area contributed by atoms with E-state index in [1.54, 1.807) is 24.3 Å². The van der Waals surface area contributed by atoms with E-state index in [0.717, 1.165) is 6.21 Å². The van der Waals surface area contributed by atoms with E-state index in [0.29, 0.717) is 10.7 Å². The molecule has 0 unspecified atom stereocenters. The zero-order chi connectivity index (χ0) is 13.4. The monoisotopic (exact) mass is 269 g/mol. The number of oxime groups is 2. The van der Waals surface area contributed by atoms with Crippen LogP contribution in [0.2, 0.25) is 5.02 Å². The Morgan fingerprint density at radius 1 is 1.44 bits per heavy atom. The van der Waals surface area contributed by atoms with Crippen LogP contribution in [0.25, 0.3) is 0 Å². The topological polar surface area (TPSA) is 83.3 Å². The summed E-state index contributed by atoms with van der Waals surface area (Å²) in [4.78, 5) is 16.3. The van der Waals surface area contributed by atoms with Crippen LogP contribution in [0.3, 0.4) is 0 Å². The van der Waals surface area contributed by atoms with Crippen LogP contribution in [-0.2, 0) is 9.63 Å². The number of carbonyl (C=O) groups excluding carboxylic acids is 1. The molecular weight excluding hydrogens is 258 g/mol. The summed E-state index contributed by atoms with van der Waals surface area (Å²) in [7, 11) is 1.35. The maximum atomic E-state index is 11.8. The first-order valence-electron chi connectivity index (χ1n) is 4.98. The molecule has 0 aliphatic carbocycles. The van der Waals surface area contributed by atoms with Crippen LogP contribution in [-0.4, -0.2) is 30.7 Å². The number of nitrogens with one attached hydrogen (secondary N) is 1. The van der Waals surface area contributed by atoms with Gasteiger partial charge in [-0.1, -0.05) is 16.8 Å². The Balaban J connectivity index is 2.72. The first kappa shape index (κ1) is 14.0. The Hall–Kier alpha value is -2.08. The highest BCUT2D eigenvalue weighted by molar-refractivity contribution is 6.30. The van der Waals surface area contributed by atoms with Crippen molar-refractivity contribution in [3.8, 4) is 0 Å². The van der Waals surface area contributed by atoms with Crippen LogP contribution >= 0.6 is 11.6 Å². The minimum Gasteiger partial charge on any atom is -0.411 e. The molecule has 0 heterocycles. The fourth-order valence-electron chi connectivity index (χ4n) is 1.13. The molecule has 7 heteroatoms. The third-order valence-corrected chi connectivity index (χ3v) is 2.22. The molecule has 2 N–H and O–H groups in total. The molecule has 0 radical (unpaired) electrons. The van der Waals surface area contributed by atoms with Gasteiger partial charge in [0.1, 0.15) is 13.0 Å². The Labute approximate surface area is 109 Å². The Morgan fingerprint density at radius 3 is 2.67 bits per heavy atom. The second-order valence-electron chi connectivity index (χ2n) is 3.22. The van der Waals surface area contributed by atoms with Gasteiger partial charge in [-0.3, -0.25) is 4.79 Å². The number of benzene rings is 1. The van der Waals surface area contributed by atoms with Crippen molar-refractivity contribution >= 4 is 35.6 Å². The largest absolute Gasteiger partial charge is 0.411 e. The first-order valence-corrected chi connectivity index (χ1v) is 5.36. The van der Waals surface area contributed by atoms with Crippen molar-refractivity contribution < 1.29 is 14.8 Å². The van der Waals surface area contributed by atoms with Crippen molar-refractivity contribution in [2.24, 2.45) is 16.2 Å². The smallest absolute Gasteiger partial charge is 0.238 e. The van der Waals surface area contributed by atoms with Crippen LogP contribution in [0.5, 0.6) is 0 Å². The van der Waals surface area contributed by atoms with Crippen LogP contribution in [0.1, 0.15) is 0 Å². The van der Waals surface area contributed by atoms with Crippen molar-refractivity contribution in [1.82, 2.24) is 0 Å². The summed E-state index contributed by atoms with van der Waals surface area (Å²) < 4.78 is 0. The van der Waals surface area contributed by atoms with E-state index >= 15 is 0 Å². The summed E-state index contributed by atoms with van der Waals surface area (Å²) in [5.74, 6) is -1.23. The van der Waals surface area contributed by atoms with Gasteiger partial charge >= 0.3 is 0 Å². The van der Waals surface area contributed by atoms with Gasteiger partial charge in [-0.05, 0) is 24.3 Å². The molecule has 0 saturated heterocycles. The quantitative estimate of drug-likeness (QED) is 0.487. The summed E-state index contributed by atoms with van der Waals surface area (Å²) in [6, 6.07) is 6.60. The lowest BCUT2D eigenvalue weighted by Crippen LogP contribution is -2.25. The van der Waals surface area contributed by atoms with Gasteiger partial charge in [0, 0.05) is 10.7 Å². The molecule has 1 amide bonds. The molecule has 0 aromatic heterocycles. The Morgan fingerprint density at radius 2 is 2.11 bits per heavy atom. The van der Waals surface area contributed by atoms with E-state index in [9.17, 15) is 4.79 Å². The molecule has 1 aromatic carbocycles. The van der Waals surface area contributed by atoms with Crippen molar-refractivity contribution in [3.63, 3.8) is 0 Å². The van der Waals surface area contributed by atoms with Gasteiger partial charge in [-0.25, -0.2) is 0 Å². The zero-order valence-electron chi connectivity index (χ0n) is 9.58. The standard InChI is InChI=1S/C11H12ClN3O3/c1-18-14-7-8(6-13-17)11(16)15-10-4-2-9(12)3-5-10/h2-8,17H,1H3,(H,15,16)/b13-6-,14-7-/t8-/m0/s1. The second kappa shape index (κ2) is 7.29. The number of rotatable bonds is 5. The van der Waals surface area contributed by atoms with Gasteiger partial charge in [0.15, 0.2) is 0 Å². The highest BCUT2D eigenvalue weighted by atomic mass is 35.5. The number of amides is 1. The lowest BCUT2D eigenvalue weighted by molar-refractivity contribution is -0.116. The molecule has 0 aliphatic heterocycles. The van der Waals surface area contributed by atoms with E-state index in [-0.39, 0.29) is 0 Å². The average Bonchev–Trinajstić information content (AvgIpc) is 2.37. The van der Waals surface area contributed by atoms with Crippen molar-refractivity contribution in [3.05, 3.63) is 29.3 Å². The normalized spacial score (nSPS) is 12.8. The maximum absolute atomic E-state index is 11.8. The van der Waals surface area contributed by atoms with Gasteiger partial charge in [0.2, 0.25) is 5.91 Å². The van der Waals surface area contributed by atoms with Crippen molar-refractivity contribution in [2.45, 2.75) is 0 Å². The van der Waals surface area contributed by atoms with Gasteiger partial charge in [0.25, 0.3) is 0 Å².